The summed E-state index contributed by atoms with van der Waals surface area (Å²) >= 11 is 0. The molecule has 0 spiro atoms. The molecule has 0 aliphatic carbocycles. The molecule has 1 unspecified atom stereocenters. The number of ketones is 1. The fourth-order valence-electron chi connectivity index (χ4n) is 4.01. The van der Waals surface area contributed by atoms with Crippen LogP contribution in [0.1, 0.15) is 75.3 Å². The molecular weight excluding hydrogens is 360 g/mol. The molecule has 1 aliphatic rings. The Bertz CT molecular complexity index is 754. The normalized spacial score (nSPS) is 13.8. The van der Waals surface area contributed by atoms with E-state index in [-0.39, 0.29) is 5.92 Å². The highest BCUT2D eigenvalue weighted by Crippen LogP contribution is 2.36. The Morgan fingerprint density at radius 3 is 2.52 bits per heavy atom. The Morgan fingerprint density at radius 1 is 0.931 bits per heavy atom. The number of carbonyl (C=O) groups excluding carboxylic acids is 1. The highest BCUT2D eigenvalue weighted by atomic mass is 16.6. The third-order valence-corrected chi connectivity index (χ3v) is 5.68. The summed E-state index contributed by atoms with van der Waals surface area (Å²) in [5.41, 5.74) is 2.57. The molecule has 2 aromatic carbocycles. The lowest BCUT2D eigenvalue weighted by Crippen LogP contribution is -2.16. The van der Waals surface area contributed by atoms with E-state index in [9.17, 15) is 4.79 Å². The van der Waals surface area contributed by atoms with Crippen LogP contribution in [0.15, 0.2) is 48.5 Å². The highest BCUT2D eigenvalue weighted by molar-refractivity contribution is 5.79. The van der Waals surface area contributed by atoms with Gasteiger partial charge in [-0.05, 0) is 54.9 Å². The zero-order chi connectivity index (χ0) is 20.3. The van der Waals surface area contributed by atoms with Crippen molar-refractivity contribution in [3.8, 4) is 11.5 Å². The minimum Gasteiger partial charge on any atom is -0.486 e. The van der Waals surface area contributed by atoms with Crippen molar-refractivity contribution in [1.29, 1.82) is 0 Å². The molecule has 0 amide bonds. The van der Waals surface area contributed by atoms with Gasteiger partial charge < -0.3 is 9.47 Å². The van der Waals surface area contributed by atoms with Gasteiger partial charge in [0.15, 0.2) is 11.5 Å². The molecule has 0 N–H and O–H groups in total. The molecule has 0 fully saturated rings. The second-order valence-corrected chi connectivity index (χ2v) is 8.03. The van der Waals surface area contributed by atoms with Crippen LogP contribution in [0, 0.1) is 0 Å². The topological polar surface area (TPSA) is 35.5 Å². The number of unbranched alkanes of at least 4 members (excludes halogenated alkanes) is 3. The number of carbonyl (C=O) groups is 1. The summed E-state index contributed by atoms with van der Waals surface area (Å²) in [7, 11) is 0. The van der Waals surface area contributed by atoms with Crippen LogP contribution in [0.4, 0.5) is 0 Å². The molecule has 29 heavy (non-hydrogen) atoms. The van der Waals surface area contributed by atoms with Crippen molar-refractivity contribution in [3.63, 3.8) is 0 Å². The number of hydrogen-bond acceptors (Lipinski definition) is 3. The number of Topliss-reactive ketones (excluding diaryl/α,β-unsaturated/α-hetero) is 1. The quantitative estimate of drug-likeness (QED) is 0.386. The second-order valence-electron chi connectivity index (χ2n) is 8.03. The van der Waals surface area contributed by atoms with Gasteiger partial charge in [-0.25, -0.2) is 0 Å². The van der Waals surface area contributed by atoms with Gasteiger partial charge in [0.1, 0.15) is 19.0 Å². The number of hydrogen-bond donors (Lipinski definition) is 0. The lowest BCUT2D eigenvalue weighted by atomic mass is 9.87. The first-order valence-corrected chi connectivity index (χ1v) is 11.2. The van der Waals surface area contributed by atoms with Gasteiger partial charge in [-0.15, -0.1) is 0 Å². The predicted octanol–water partition coefficient (Wildman–Crippen LogP) is 6.49. The van der Waals surface area contributed by atoms with Crippen molar-refractivity contribution < 1.29 is 14.3 Å². The fraction of sp³-hybridized carbons (Fsp3) is 0.500. The van der Waals surface area contributed by atoms with E-state index in [1.165, 1.54) is 24.0 Å². The molecule has 1 atom stereocenters. The first-order chi connectivity index (χ1) is 14.3. The average molecular weight is 395 g/mol. The summed E-state index contributed by atoms with van der Waals surface area (Å²) in [6.07, 6.45) is 9.04. The zero-order valence-corrected chi connectivity index (χ0v) is 17.7. The summed E-state index contributed by atoms with van der Waals surface area (Å²) in [5.74, 6) is 2.30. The van der Waals surface area contributed by atoms with Crippen molar-refractivity contribution in [3.05, 3.63) is 59.7 Å². The van der Waals surface area contributed by atoms with Crippen LogP contribution in [-0.2, 0) is 11.2 Å². The van der Waals surface area contributed by atoms with Crippen LogP contribution in [0.3, 0.4) is 0 Å². The predicted molar refractivity (Wildman–Crippen MR) is 118 cm³/mol. The van der Waals surface area contributed by atoms with Crippen LogP contribution in [0.25, 0.3) is 0 Å². The second kappa shape index (κ2) is 11.6. The van der Waals surface area contributed by atoms with Crippen molar-refractivity contribution in [2.75, 3.05) is 13.2 Å². The Balaban J connectivity index is 1.53. The van der Waals surface area contributed by atoms with Crippen molar-refractivity contribution in [1.82, 2.24) is 0 Å². The third-order valence-electron chi connectivity index (χ3n) is 5.68. The van der Waals surface area contributed by atoms with E-state index in [4.69, 9.17) is 9.47 Å². The molecule has 1 aliphatic heterocycles. The maximum atomic E-state index is 12.7. The lowest BCUT2D eigenvalue weighted by molar-refractivity contribution is -0.119. The summed E-state index contributed by atoms with van der Waals surface area (Å²) in [6.45, 7) is 3.42. The van der Waals surface area contributed by atoms with Crippen LogP contribution < -0.4 is 9.47 Å². The third kappa shape index (κ3) is 6.92. The number of aryl methyl sites for hydroxylation is 1. The van der Waals surface area contributed by atoms with E-state index in [0.29, 0.717) is 31.8 Å². The minimum atomic E-state index is 0.277. The summed E-state index contributed by atoms with van der Waals surface area (Å²) in [5, 5.41) is 0. The molecule has 0 radical (unpaired) electrons. The Hall–Kier alpha value is -2.29. The number of ether oxygens (including phenoxy) is 2. The molecule has 3 nitrogen and oxygen atoms in total. The summed E-state index contributed by atoms with van der Waals surface area (Å²) < 4.78 is 11.4. The van der Waals surface area contributed by atoms with Crippen LogP contribution in [-0.4, -0.2) is 19.0 Å². The van der Waals surface area contributed by atoms with Gasteiger partial charge in [-0.2, -0.15) is 0 Å². The number of rotatable bonds is 12. The molecule has 3 rings (SSSR count). The zero-order valence-electron chi connectivity index (χ0n) is 17.7. The first kappa shape index (κ1) is 21.4. The maximum Gasteiger partial charge on any atom is 0.161 e. The Kier molecular flexibility index (Phi) is 8.60. The van der Waals surface area contributed by atoms with E-state index in [1.54, 1.807) is 0 Å². The molecule has 1 heterocycles. The van der Waals surface area contributed by atoms with Crippen molar-refractivity contribution in [2.24, 2.45) is 0 Å². The molecule has 2 aromatic rings. The van der Waals surface area contributed by atoms with Gasteiger partial charge in [0.05, 0.1) is 0 Å². The molecule has 0 aromatic heterocycles. The van der Waals surface area contributed by atoms with Gasteiger partial charge in [0.2, 0.25) is 0 Å². The molecule has 0 saturated heterocycles. The van der Waals surface area contributed by atoms with E-state index in [2.05, 4.69) is 43.3 Å². The van der Waals surface area contributed by atoms with E-state index >= 15 is 0 Å². The van der Waals surface area contributed by atoms with Gasteiger partial charge in [-0.3, -0.25) is 4.79 Å². The van der Waals surface area contributed by atoms with Gasteiger partial charge >= 0.3 is 0 Å². The molecule has 156 valence electrons. The molecular formula is C26H34O3. The van der Waals surface area contributed by atoms with E-state index in [0.717, 1.165) is 43.6 Å². The smallest absolute Gasteiger partial charge is 0.161 e. The van der Waals surface area contributed by atoms with Crippen LogP contribution in [0.2, 0.25) is 0 Å². The summed E-state index contributed by atoms with van der Waals surface area (Å²) in [6, 6.07) is 16.7. The average Bonchev–Trinajstić information content (AvgIpc) is 2.76. The largest absolute Gasteiger partial charge is 0.486 e. The molecule has 0 saturated carbocycles. The van der Waals surface area contributed by atoms with E-state index < -0.39 is 0 Å². The monoisotopic (exact) mass is 394 g/mol. The minimum absolute atomic E-state index is 0.277. The van der Waals surface area contributed by atoms with Gasteiger partial charge in [-0.1, -0.05) is 62.6 Å². The van der Waals surface area contributed by atoms with E-state index in [1.807, 2.05) is 12.1 Å². The fourth-order valence-corrected chi connectivity index (χ4v) is 4.01. The number of benzene rings is 2. The molecule has 0 bridgehead atoms. The van der Waals surface area contributed by atoms with Crippen molar-refractivity contribution >= 4 is 5.78 Å². The van der Waals surface area contributed by atoms with Crippen LogP contribution in [0.5, 0.6) is 11.5 Å². The van der Waals surface area contributed by atoms with Crippen molar-refractivity contribution in [2.45, 2.75) is 70.6 Å². The maximum absolute atomic E-state index is 12.7. The lowest BCUT2D eigenvalue weighted by Gasteiger charge is -2.22. The molecule has 3 heteroatoms. The van der Waals surface area contributed by atoms with Gasteiger partial charge in [0.25, 0.3) is 0 Å². The Morgan fingerprint density at radius 2 is 1.72 bits per heavy atom. The summed E-state index contributed by atoms with van der Waals surface area (Å²) in [4.78, 5) is 12.7. The number of fused-ring (bicyclic) bond motifs is 1. The Labute approximate surface area is 175 Å². The van der Waals surface area contributed by atoms with Crippen LogP contribution >= 0.6 is 0 Å². The van der Waals surface area contributed by atoms with Gasteiger partial charge in [0, 0.05) is 12.8 Å². The highest BCUT2D eigenvalue weighted by Gasteiger charge is 2.19. The standard InChI is InChI=1S/C26H34O3/c1-2-3-5-13-22(23-15-16-25-26(20-23)29-18-17-28-25)19-24(27)14-9-8-12-21-10-6-4-7-11-21/h4,6-7,10-11,15-16,20,22H,2-3,5,8-9,12-14,17-19H2,1H3. The first-order valence-electron chi connectivity index (χ1n) is 11.2. The SMILES string of the molecule is CCCCCC(CC(=O)CCCCc1ccccc1)c1ccc2c(c1)OCCO2.